The fourth-order valence-electron chi connectivity index (χ4n) is 2.31. The molecule has 1 aliphatic rings. The molecule has 0 saturated heterocycles. The van der Waals surface area contributed by atoms with E-state index in [9.17, 15) is 0 Å². The number of hydrogen-bond donors (Lipinski definition) is 1. The van der Waals surface area contributed by atoms with Crippen LogP contribution < -0.4 is 5.32 Å². The van der Waals surface area contributed by atoms with Gasteiger partial charge in [0.15, 0.2) is 0 Å². The molecule has 0 aliphatic heterocycles. The average molecular weight is 261 g/mol. The molecule has 1 N–H and O–H groups in total. The maximum atomic E-state index is 5.82. The molecular formula is C17H27NO. The summed E-state index contributed by atoms with van der Waals surface area (Å²) in [5.74, 6) is 0.966. The van der Waals surface area contributed by atoms with Crippen LogP contribution in [0.25, 0.3) is 0 Å². The predicted molar refractivity (Wildman–Crippen MR) is 80.3 cm³/mol. The summed E-state index contributed by atoms with van der Waals surface area (Å²) in [5.41, 5.74) is 2.79. The number of nitrogens with one attached hydrogen (secondary N) is 1. The van der Waals surface area contributed by atoms with Crippen LogP contribution in [0.1, 0.15) is 43.7 Å². The summed E-state index contributed by atoms with van der Waals surface area (Å²) in [6, 6.07) is 8.67. The van der Waals surface area contributed by atoms with Gasteiger partial charge in [-0.1, -0.05) is 44.0 Å². The van der Waals surface area contributed by atoms with Gasteiger partial charge in [0.2, 0.25) is 0 Å². The van der Waals surface area contributed by atoms with E-state index in [2.05, 4.69) is 36.5 Å². The van der Waals surface area contributed by atoms with Crippen LogP contribution in [-0.4, -0.2) is 19.7 Å². The van der Waals surface area contributed by atoms with Crippen molar-refractivity contribution < 1.29 is 4.74 Å². The number of ether oxygens (including phenoxy) is 1. The van der Waals surface area contributed by atoms with Crippen LogP contribution in [-0.2, 0) is 17.8 Å². The Balaban J connectivity index is 1.70. The van der Waals surface area contributed by atoms with E-state index in [0.717, 1.165) is 38.6 Å². The van der Waals surface area contributed by atoms with E-state index in [0.29, 0.717) is 0 Å². The van der Waals surface area contributed by atoms with E-state index in [-0.39, 0.29) is 0 Å². The zero-order valence-electron chi connectivity index (χ0n) is 12.2. The van der Waals surface area contributed by atoms with Crippen molar-refractivity contribution in [2.24, 2.45) is 5.92 Å². The number of rotatable bonds is 10. The lowest BCUT2D eigenvalue weighted by molar-refractivity contribution is 0.114. The third kappa shape index (κ3) is 5.75. The first-order chi connectivity index (χ1) is 9.40. The summed E-state index contributed by atoms with van der Waals surface area (Å²) in [6.07, 6.45) is 6.39. The van der Waals surface area contributed by atoms with E-state index in [1.54, 1.807) is 0 Å². The zero-order chi connectivity index (χ0) is 13.3. The van der Waals surface area contributed by atoms with Crippen molar-refractivity contribution in [3.05, 3.63) is 35.4 Å². The Morgan fingerprint density at radius 2 is 1.95 bits per heavy atom. The van der Waals surface area contributed by atoms with Crippen LogP contribution in [0.3, 0.4) is 0 Å². The van der Waals surface area contributed by atoms with Crippen molar-refractivity contribution in [2.75, 3.05) is 19.7 Å². The average Bonchev–Trinajstić information content (AvgIpc) is 3.25. The van der Waals surface area contributed by atoms with Crippen LogP contribution in [0, 0.1) is 5.92 Å². The summed E-state index contributed by atoms with van der Waals surface area (Å²) in [7, 11) is 0. The Hall–Kier alpha value is -0.860. The minimum atomic E-state index is 0.774. The molecule has 2 heteroatoms. The molecule has 0 atom stereocenters. The smallest absolute Gasteiger partial charge is 0.0719 e. The molecule has 2 nitrogen and oxygen atoms in total. The van der Waals surface area contributed by atoms with Crippen LogP contribution in [0.5, 0.6) is 0 Å². The molecule has 0 aromatic heterocycles. The molecule has 0 heterocycles. The van der Waals surface area contributed by atoms with Gasteiger partial charge in [0, 0.05) is 6.61 Å². The normalized spacial score (nSPS) is 14.8. The first-order valence-corrected chi connectivity index (χ1v) is 7.75. The van der Waals surface area contributed by atoms with Gasteiger partial charge < -0.3 is 10.1 Å². The molecule has 106 valence electrons. The molecule has 1 aromatic carbocycles. The fourth-order valence-corrected chi connectivity index (χ4v) is 2.31. The minimum absolute atomic E-state index is 0.774. The Labute approximate surface area is 117 Å². The molecule has 0 amide bonds. The largest absolute Gasteiger partial charge is 0.377 e. The molecule has 1 saturated carbocycles. The van der Waals surface area contributed by atoms with Crippen molar-refractivity contribution in [3.8, 4) is 0 Å². The lowest BCUT2D eigenvalue weighted by atomic mass is 10.1. The molecule has 0 spiro atoms. The molecule has 2 rings (SSSR count). The highest BCUT2D eigenvalue weighted by molar-refractivity contribution is 5.26. The summed E-state index contributed by atoms with van der Waals surface area (Å²) in [5, 5.41) is 3.46. The van der Waals surface area contributed by atoms with Crippen LogP contribution >= 0.6 is 0 Å². The first kappa shape index (κ1) is 14.5. The second-order valence-corrected chi connectivity index (χ2v) is 5.55. The topological polar surface area (TPSA) is 21.3 Å². The van der Waals surface area contributed by atoms with Gasteiger partial charge in [0.05, 0.1) is 6.61 Å². The predicted octanol–water partition coefficient (Wildman–Crippen LogP) is 3.55. The van der Waals surface area contributed by atoms with E-state index < -0.39 is 0 Å². The van der Waals surface area contributed by atoms with Crippen molar-refractivity contribution in [3.63, 3.8) is 0 Å². The maximum absolute atomic E-state index is 5.82. The molecule has 1 fully saturated rings. The van der Waals surface area contributed by atoms with Gasteiger partial charge in [0.1, 0.15) is 0 Å². The first-order valence-electron chi connectivity index (χ1n) is 7.75. The standard InChI is InChI=1S/C17H27NO/c1-2-11-18-12-9-16-5-3-4-6-17(16)14-19-13-10-15-7-8-15/h3-6,15,18H,2,7-14H2,1H3. The Morgan fingerprint density at radius 1 is 1.16 bits per heavy atom. The highest BCUT2D eigenvalue weighted by atomic mass is 16.5. The monoisotopic (exact) mass is 261 g/mol. The van der Waals surface area contributed by atoms with Crippen molar-refractivity contribution in [1.82, 2.24) is 5.32 Å². The van der Waals surface area contributed by atoms with E-state index in [4.69, 9.17) is 4.74 Å². The van der Waals surface area contributed by atoms with E-state index >= 15 is 0 Å². The van der Waals surface area contributed by atoms with Gasteiger partial charge >= 0.3 is 0 Å². The van der Waals surface area contributed by atoms with Crippen molar-refractivity contribution >= 4 is 0 Å². The summed E-state index contributed by atoms with van der Waals surface area (Å²) >= 11 is 0. The maximum Gasteiger partial charge on any atom is 0.0719 e. The summed E-state index contributed by atoms with van der Waals surface area (Å²) < 4.78 is 5.82. The SMILES string of the molecule is CCCNCCc1ccccc1COCCC1CC1. The van der Waals surface area contributed by atoms with E-state index in [1.165, 1.54) is 36.8 Å². The Kier molecular flexibility index (Phi) is 6.38. The van der Waals surface area contributed by atoms with Gasteiger partial charge in [0.25, 0.3) is 0 Å². The second-order valence-electron chi connectivity index (χ2n) is 5.55. The molecule has 0 bridgehead atoms. The molecule has 0 unspecified atom stereocenters. The highest BCUT2D eigenvalue weighted by Crippen LogP contribution is 2.32. The molecule has 0 radical (unpaired) electrons. The van der Waals surface area contributed by atoms with Gasteiger partial charge in [-0.25, -0.2) is 0 Å². The van der Waals surface area contributed by atoms with Gasteiger partial charge in [-0.15, -0.1) is 0 Å². The quantitative estimate of drug-likeness (QED) is 0.650. The van der Waals surface area contributed by atoms with Crippen LogP contribution in [0.2, 0.25) is 0 Å². The molecule has 19 heavy (non-hydrogen) atoms. The fraction of sp³-hybridized carbons (Fsp3) is 0.647. The Bertz CT molecular complexity index is 360. The lowest BCUT2D eigenvalue weighted by Gasteiger charge is -2.10. The van der Waals surface area contributed by atoms with Crippen molar-refractivity contribution in [1.29, 1.82) is 0 Å². The molecule has 1 aliphatic carbocycles. The summed E-state index contributed by atoms with van der Waals surface area (Å²) in [4.78, 5) is 0. The highest BCUT2D eigenvalue weighted by Gasteiger charge is 2.20. The van der Waals surface area contributed by atoms with Gasteiger partial charge in [-0.3, -0.25) is 0 Å². The molecule has 1 aromatic rings. The third-order valence-electron chi connectivity index (χ3n) is 3.74. The Morgan fingerprint density at radius 3 is 2.68 bits per heavy atom. The second kappa shape index (κ2) is 8.34. The molecular weight excluding hydrogens is 234 g/mol. The number of hydrogen-bond acceptors (Lipinski definition) is 2. The van der Waals surface area contributed by atoms with Crippen LogP contribution in [0.4, 0.5) is 0 Å². The summed E-state index contributed by atoms with van der Waals surface area (Å²) in [6.45, 7) is 6.07. The van der Waals surface area contributed by atoms with Gasteiger partial charge in [-0.2, -0.15) is 0 Å². The zero-order valence-corrected chi connectivity index (χ0v) is 12.2. The minimum Gasteiger partial charge on any atom is -0.377 e. The van der Waals surface area contributed by atoms with E-state index in [1.807, 2.05) is 0 Å². The van der Waals surface area contributed by atoms with Crippen LogP contribution in [0.15, 0.2) is 24.3 Å². The van der Waals surface area contributed by atoms with Gasteiger partial charge in [-0.05, 0) is 49.4 Å². The lowest BCUT2D eigenvalue weighted by Crippen LogP contribution is -2.18. The third-order valence-corrected chi connectivity index (χ3v) is 3.74. The number of benzene rings is 1. The van der Waals surface area contributed by atoms with Crippen molar-refractivity contribution in [2.45, 2.75) is 45.6 Å².